The number of benzene rings is 1. The highest BCUT2D eigenvalue weighted by Gasteiger charge is 2.30. The van der Waals surface area contributed by atoms with E-state index in [1.165, 1.54) is 19.1 Å². The summed E-state index contributed by atoms with van der Waals surface area (Å²) in [5, 5.41) is 18.2. The molecule has 9 heteroatoms. The number of carboxylic acids is 1. The molecule has 1 aromatic rings. The average Bonchev–Trinajstić information content (AvgIpc) is 2.28. The van der Waals surface area contributed by atoms with Crippen LogP contribution in [0.25, 0.3) is 0 Å². The average molecular weight is 417 g/mol. The molecule has 0 saturated heterocycles. The second-order valence-electron chi connectivity index (χ2n) is 3.75. The second-order valence-corrected chi connectivity index (χ2v) is 7.20. The van der Waals surface area contributed by atoms with Crippen molar-refractivity contribution < 1.29 is 23.4 Å². The van der Waals surface area contributed by atoms with Crippen molar-refractivity contribution in [3.8, 4) is 0 Å². The third-order valence-electron chi connectivity index (χ3n) is 2.21. The molecule has 2 atom stereocenters. The fraction of sp³-hybridized carbons (Fsp3) is 0.300. The molecular weight excluding hydrogens is 406 g/mol. The summed E-state index contributed by atoms with van der Waals surface area (Å²) in [7, 11) is -4.07. The monoisotopic (exact) mass is 415 g/mol. The molecule has 0 amide bonds. The molecular formula is C10H11Br2NO5S. The third kappa shape index (κ3) is 4.25. The molecule has 1 rings (SSSR count). The van der Waals surface area contributed by atoms with Crippen molar-refractivity contribution >= 4 is 47.9 Å². The van der Waals surface area contributed by atoms with Gasteiger partial charge in [-0.3, -0.25) is 4.79 Å². The van der Waals surface area contributed by atoms with Gasteiger partial charge in [0.15, 0.2) is 0 Å². The molecule has 2 unspecified atom stereocenters. The van der Waals surface area contributed by atoms with E-state index in [2.05, 4.69) is 31.9 Å². The van der Waals surface area contributed by atoms with Crippen LogP contribution in [0.2, 0.25) is 0 Å². The van der Waals surface area contributed by atoms with Gasteiger partial charge in [-0.05, 0) is 41.1 Å². The Hall–Kier alpha value is -0.480. The van der Waals surface area contributed by atoms with Crippen LogP contribution in [0.4, 0.5) is 0 Å². The zero-order valence-electron chi connectivity index (χ0n) is 9.67. The minimum absolute atomic E-state index is 0.117. The maximum atomic E-state index is 12.1. The largest absolute Gasteiger partial charge is 0.480 e. The lowest BCUT2D eigenvalue weighted by molar-refractivity contribution is -0.141. The first-order valence-corrected chi connectivity index (χ1v) is 8.10. The van der Waals surface area contributed by atoms with Crippen molar-refractivity contribution in [3.63, 3.8) is 0 Å². The Morgan fingerprint density at radius 2 is 1.95 bits per heavy atom. The maximum Gasteiger partial charge on any atom is 0.324 e. The predicted molar refractivity (Wildman–Crippen MR) is 75.3 cm³/mol. The molecule has 0 bridgehead atoms. The first-order chi connectivity index (χ1) is 8.65. The van der Waals surface area contributed by atoms with Crippen LogP contribution in [0.3, 0.4) is 0 Å². The molecule has 0 fully saturated rings. The molecule has 19 heavy (non-hydrogen) atoms. The Labute approximate surface area is 127 Å². The quantitative estimate of drug-likeness (QED) is 0.671. The van der Waals surface area contributed by atoms with E-state index in [-0.39, 0.29) is 9.37 Å². The third-order valence-corrected chi connectivity index (χ3v) is 5.14. The van der Waals surface area contributed by atoms with Crippen molar-refractivity contribution in [2.45, 2.75) is 24.0 Å². The molecule has 0 aromatic heterocycles. The SMILES string of the molecule is CC(O)C(NS(=O)(=O)c1cc(Br)ccc1Br)C(=O)O. The Morgan fingerprint density at radius 3 is 2.42 bits per heavy atom. The number of hydrogen-bond acceptors (Lipinski definition) is 4. The molecule has 0 aliphatic heterocycles. The number of aliphatic hydroxyl groups is 1. The Morgan fingerprint density at radius 1 is 1.37 bits per heavy atom. The van der Waals surface area contributed by atoms with E-state index in [0.717, 1.165) is 0 Å². The van der Waals surface area contributed by atoms with Crippen LogP contribution in [0.15, 0.2) is 32.0 Å². The summed E-state index contributed by atoms with van der Waals surface area (Å²) in [4.78, 5) is 10.8. The highest BCUT2D eigenvalue weighted by Crippen LogP contribution is 2.25. The summed E-state index contributed by atoms with van der Waals surface area (Å²) >= 11 is 6.21. The number of nitrogens with one attached hydrogen (secondary N) is 1. The summed E-state index contributed by atoms with van der Waals surface area (Å²) in [6, 6.07) is 2.85. The van der Waals surface area contributed by atoms with Crippen LogP contribution in [0.5, 0.6) is 0 Å². The summed E-state index contributed by atoms with van der Waals surface area (Å²) < 4.78 is 26.9. The topological polar surface area (TPSA) is 104 Å². The second kappa shape index (κ2) is 6.31. The number of aliphatic hydroxyl groups excluding tert-OH is 1. The Balaban J connectivity index is 3.17. The van der Waals surface area contributed by atoms with E-state index in [1.807, 2.05) is 4.72 Å². The zero-order valence-corrected chi connectivity index (χ0v) is 13.7. The van der Waals surface area contributed by atoms with E-state index >= 15 is 0 Å². The van der Waals surface area contributed by atoms with Gasteiger partial charge in [-0.2, -0.15) is 4.72 Å². The molecule has 1 aromatic carbocycles. The first-order valence-electron chi connectivity index (χ1n) is 5.03. The lowest BCUT2D eigenvalue weighted by Crippen LogP contribution is -2.47. The molecule has 0 saturated carbocycles. The van der Waals surface area contributed by atoms with Gasteiger partial charge in [-0.25, -0.2) is 8.42 Å². The fourth-order valence-corrected chi connectivity index (χ4v) is 4.03. The fourth-order valence-electron chi connectivity index (χ4n) is 1.27. The van der Waals surface area contributed by atoms with Crippen LogP contribution in [-0.2, 0) is 14.8 Å². The van der Waals surface area contributed by atoms with Gasteiger partial charge in [-0.1, -0.05) is 15.9 Å². The number of sulfonamides is 1. The minimum Gasteiger partial charge on any atom is -0.480 e. The van der Waals surface area contributed by atoms with E-state index in [9.17, 15) is 18.3 Å². The van der Waals surface area contributed by atoms with Gasteiger partial charge in [0.05, 0.1) is 11.0 Å². The number of halogens is 2. The number of rotatable bonds is 5. The van der Waals surface area contributed by atoms with Crippen molar-refractivity contribution in [2.24, 2.45) is 0 Å². The van der Waals surface area contributed by atoms with Gasteiger partial charge in [0, 0.05) is 8.95 Å². The van der Waals surface area contributed by atoms with Crippen molar-refractivity contribution in [3.05, 3.63) is 27.1 Å². The van der Waals surface area contributed by atoms with E-state index in [0.29, 0.717) is 4.47 Å². The first kappa shape index (κ1) is 16.6. The van der Waals surface area contributed by atoms with Crippen LogP contribution in [0, 0.1) is 0 Å². The Kier molecular flexibility index (Phi) is 5.51. The van der Waals surface area contributed by atoms with E-state index in [1.54, 1.807) is 6.07 Å². The Bertz CT molecular complexity index is 588. The molecule has 0 radical (unpaired) electrons. The van der Waals surface area contributed by atoms with Gasteiger partial charge in [0.25, 0.3) is 0 Å². The summed E-state index contributed by atoms with van der Waals surface area (Å²) in [6.07, 6.45) is -1.36. The predicted octanol–water partition coefficient (Wildman–Crippen LogP) is 1.32. The summed E-state index contributed by atoms with van der Waals surface area (Å²) in [5.41, 5.74) is 0. The number of carbonyl (C=O) groups is 1. The number of hydrogen-bond donors (Lipinski definition) is 3. The molecule has 0 aliphatic carbocycles. The molecule has 106 valence electrons. The van der Waals surface area contributed by atoms with Gasteiger partial charge < -0.3 is 10.2 Å². The van der Waals surface area contributed by atoms with E-state index < -0.39 is 28.1 Å². The summed E-state index contributed by atoms with van der Waals surface area (Å²) in [5.74, 6) is -1.45. The molecule has 0 heterocycles. The highest BCUT2D eigenvalue weighted by molar-refractivity contribution is 9.11. The number of aliphatic carboxylic acids is 1. The molecule has 0 spiro atoms. The smallest absolute Gasteiger partial charge is 0.324 e. The van der Waals surface area contributed by atoms with Crippen LogP contribution in [-0.4, -0.2) is 36.7 Å². The maximum absolute atomic E-state index is 12.1. The lowest BCUT2D eigenvalue weighted by Gasteiger charge is -2.17. The van der Waals surface area contributed by atoms with Gasteiger partial charge in [0.1, 0.15) is 6.04 Å². The normalized spacial score (nSPS) is 14.9. The lowest BCUT2D eigenvalue weighted by atomic mass is 10.2. The van der Waals surface area contributed by atoms with Gasteiger partial charge in [0.2, 0.25) is 10.0 Å². The number of carboxylic acid groups (broad SMARTS) is 1. The van der Waals surface area contributed by atoms with Crippen molar-refractivity contribution in [2.75, 3.05) is 0 Å². The van der Waals surface area contributed by atoms with Gasteiger partial charge >= 0.3 is 5.97 Å². The van der Waals surface area contributed by atoms with Gasteiger partial charge in [-0.15, -0.1) is 0 Å². The molecule has 6 nitrogen and oxygen atoms in total. The molecule has 3 N–H and O–H groups in total. The minimum atomic E-state index is -4.07. The van der Waals surface area contributed by atoms with Crippen LogP contribution < -0.4 is 4.72 Å². The zero-order chi connectivity index (χ0) is 14.8. The van der Waals surface area contributed by atoms with Crippen molar-refractivity contribution in [1.82, 2.24) is 4.72 Å². The van der Waals surface area contributed by atoms with Crippen LogP contribution >= 0.6 is 31.9 Å². The van der Waals surface area contributed by atoms with Crippen molar-refractivity contribution in [1.29, 1.82) is 0 Å². The standard InChI is InChI=1S/C10H11Br2NO5S/c1-5(14)9(10(15)16)13-19(17,18)8-4-6(11)2-3-7(8)12/h2-5,9,13-14H,1H3,(H,15,16). The highest BCUT2D eigenvalue weighted by atomic mass is 79.9. The van der Waals surface area contributed by atoms with Crippen LogP contribution in [0.1, 0.15) is 6.92 Å². The van der Waals surface area contributed by atoms with E-state index in [4.69, 9.17) is 5.11 Å². The summed E-state index contributed by atoms with van der Waals surface area (Å²) in [6.45, 7) is 1.19. The molecule has 0 aliphatic rings.